The molecule has 3 heteroatoms. The molecule has 0 aliphatic rings. The molecular weight excluding hydrogens is 228 g/mol. The Morgan fingerprint density at radius 2 is 2.06 bits per heavy atom. The van der Waals surface area contributed by atoms with Gasteiger partial charge in [-0.15, -0.1) is 0 Å². The van der Waals surface area contributed by atoms with Crippen molar-refractivity contribution in [3.05, 3.63) is 48.6 Å². The SMILES string of the molecule is C=CC(=O)O[C@@H](/C=C/c1ccc(OC)cc1)CC. The Morgan fingerprint density at radius 1 is 1.39 bits per heavy atom. The number of carbonyl (C=O) groups is 1. The van der Waals surface area contributed by atoms with Gasteiger partial charge in [-0.3, -0.25) is 0 Å². The monoisotopic (exact) mass is 246 g/mol. The number of ether oxygens (including phenoxy) is 2. The summed E-state index contributed by atoms with van der Waals surface area (Å²) >= 11 is 0. The zero-order valence-electron chi connectivity index (χ0n) is 10.8. The number of hydrogen-bond donors (Lipinski definition) is 0. The summed E-state index contributed by atoms with van der Waals surface area (Å²) in [4.78, 5) is 11.1. The van der Waals surface area contributed by atoms with Crippen molar-refractivity contribution < 1.29 is 14.3 Å². The van der Waals surface area contributed by atoms with Crippen molar-refractivity contribution >= 4 is 12.0 Å². The van der Waals surface area contributed by atoms with E-state index in [1.165, 1.54) is 6.08 Å². The number of carbonyl (C=O) groups excluding carboxylic acids is 1. The standard InChI is InChI=1S/C15H18O3/c1-4-13(18-15(16)5-2)9-6-12-7-10-14(17-3)11-8-12/h5-11,13H,2,4H2,1,3H3/b9-6+/t13-/m1/s1. The zero-order valence-corrected chi connectivity index (χ0v) is 10.8. The normalized spacial score (nSPS) is 12.1. The third-order valence-corrected chi connectivity index (χ3v) is 2.46. The quantitative estimate of drug-likeness (QED) is 0.571. The molecule has 0 N–H and O–H groups in total. The van der Waals surface area contributed by atoms with Gasteiger partial charge in [0.25, 0.3) is 0 Å². The Labute approximate surface area is 108 Å². The fraction of sp³-hybridized carbons (Fsp3) is 0.267. The molecule has 0 unspecified atom stereocenters. The Bertz CT molecular complexity index is 418. The first-order valence-corrected chi connectivity index (χ1v) is 5.85. The lowest BCUT2D eigenvalue weighted by Gasteiger charge is -2.10. The first kappa shape index (κ1) is 14.0. The average molecular weight is 246 g/mol. The molecule has 0 amide bonds. The summed E-state index contributed by atoms with van der Waals surface area (Å²) in [6.45, 7) is 5.33. The summed E-state index contributed by atoms with van der Waals surface area (Å²) in [6.07, 6.45) is 5.46. The molecule has 1 atom stereocenters. The lowest BCUT2D eigenvalue weighted by Crippen LogP contribution is -2.12. The minimum Gasteiger partial charge on any atom is -0.497 e. The van der Waals surface area contributed by atoms with E-state index in [-0.39, 0.29) is 6.10 Å². The van der Waals surface area contributed by atoms with Gasteiger partial charge in [-0.25, -0.2) is 4.79 Å². The van der Waals surface area contributed by atoms with Gasteiger partial charge >= 0.3 is 5.97 Å². The number of rotatable bonds is 6. The molecule has 1 rings (SSSR count). The maximum atomic E-state index is 11.1. The first-order valence-electron chi connectivity index (χ1n) is 5.85. The summed E-state index contributed by atoms with van der Waals surface area (Å²) in [6, 6.07) is 7.65. The van der Waals surface area contributed by atoms with E-state index in [9.17, 15) is 4.79 Å². The van der Waals surface area contributed by atoms with Crippen LogP contribution in [0.5, 0.6) is 5.75 Å². The van der Waals surface area contributed by atoms with Gasteiger partial charge in [-0.05, 0) is 30.2 Å². The van der Waals surface area contributed by atoms with Crippen LogP contribution in [0.4, 0.5) is 0 Å². The van der Waals surface area contributed by atoms with Gasteiger partial charge in [0.15, 0.2) is 0 Å². The van der Waals surface area contributed by atoms with Gasteiger partial charge in [0.2, 0.25) is 0 Å². The van der Waals surface area contributed by atoms with Crippen LogP contribution in [0, 0.1) is 0 Å². The molecule has 1 aromatic carbocycles. The number of methoxy groups -OCH3 is 1. The Balaban J connectivity index is 2.64. The molecule has 18 heavy (non-hydrogen) atoms. The van der Waals surface area contributed by atoms with Crippen molar-refractivity contribution in [1.82, 2.24) is 0 Å². The van der Waals surface area contributed by atoms with E-state index in [0.29, 0.717) is 0 Å². The van der Waals surface area contributed by atoms with Crippen molar-refractivity contribution in [3.63, 3.8) is 0 Å². The summed E-state index contributed by atoms with van der Waals surface area (Å²) in [5, 5.41) is 0. The zero-order chi connectivity index (χ0) is 13.4. The molecule has 1 aromatic rings. The minimum absolute atomic E-state index is 0.224. The van der Waals surface area contributed by atoms with E-state index in [1.54, 1.807) is 7.11 Å². The molecule has 0 aromatic heterocycles. The molecule has 0 fully saturated rings. The lowest BCUT2D eigenvalue weighted by atomic mass is 10.1. The summed E-state index contributed by atoms with van der Waals surface area (Å²) in [5.41, 5.74) is 1.03. The Morgan fingerprint density at radius 3 is 2.56 bits per heavy atom. The second-order valence-corrected chi connectivity index (χ2v) is 3.72. The van der Waals surface area contributed by atoms with Crippen LogP contribution in [0.3, 0.4) is 0 Å². The fourth-order valence-electron chi connectivity index (χ4n) is 1.39. The maximum Gasteiger partial charge on any atom is 0.330 e. The summed E-state index contributed by atoms with van der Waals surface area (Å²) in [5.74, 6) is 0.415. The average Bonchev–Trinajstić information content (AvgIpc) is 2.43. The van der Waals surface area contributed by atoms with Crippen LogP contribution in [0.2, 0.25) is 0 Å². The highest BCUT2D eigenvalue weighted by atomic mass is 16.5. The van der Waals surface area contributed by atoms with Crippen molar-refractivity contribution in [2.24, 2.45) is 0 Å². The van der Waals surface area contributed by atoms with Crippen LogP contribution >= 0.6 is 0 Å². The van der Waals surface area contributed by atoms with E-state index in [0.717, 1.165) is 17.7 Å². The van der Waals surface area contributed by atoms with Crippen LogP contribution in [-0.2, 0) is 9.53 Å². The van der Waals surface area contributed by atoms with Gasteiger partial charge in [-0.2, -0.15) is 0 Å². The third kappa shape index (κ3) is 4.45. The molecule has 0 spiro atoms. The number of benzene rings is 1. The topological polar surface area (TPSA) is 35.5 Å². The van der Waals surface area contributed by atoms with E-state index < -0.39 is 5.97 Å². The van der Waals surface area contributed by atoms with Crippen molar-refractivity contribution in [2.45, 2.75) is 19.4 Å². The lowest BCUT2D eigenvalue weighted by molar-refractivity contribution is -0.140. The molecule has 0 heterocycles. The molecule has 0 aliphatic carbocycles. The van der Waals surface area contributed by atoms with E-state index in [1.807, 2.05) is 43.3 Å². The molecule has 0 radical (unpaired) electrons. The first-order chi connectivity index (χ1) is 8.69. The highest BCUT2D eigenvalue weighted by Crippen LogP contribution is 2.13. The van der Waals surface area contributed by atoms with Crippen LogP contribution in [0.15, 0.2) is 43.0 Å². The van der Waals surface area contributed by atoms with E-state index in [4.69, 9.17) is 9.47 Å². The Kier molecular flexibility index (Phi) is 5.71. The van der Waals surface area contributed by atoms with Gasteiger partial charge < -0.3 is 9.47 Å². The molecule has 0 saturated heterocycles. The smallest absolute Gasteiger partial charge is 0.330 e. The van der Waals surface area contributed by atoms with Gasteiger partial charge in [0, 0.05) is 6.08 Å². The van der Waals surface area contributed by atoms with E-state index in [2.05, 4.69) is 6.58 Å². The minimum atomic E-state index is -0.402. The summed E-state index contributed by atoms with van der Waals surface area (Å²) < 4.78 is 10.2. The molecule has 0 bridgehead atoms. The predicted octanol–water partition coefficient (Wildman–Crippen LogP) is 3.22. The second-order valence-electron chi connectivity index (χ2n) is 3.72. The van der Waals surface area contributed by atoms with Gasteiger partial charge in [-0.1, -0.05) is 31.7 Å². The molecule has 0 aliphatic heterocycles. The van der Waals surface area contributed by atoms with Crippen LogP contribution in [-0.4, -0.2) is 19.2 Å². The van der Waals surface area contributed by atoms with Gasteiger partial charge in [0.05, 0.1) is 7.11 Å². The maximum absolute atomic E-state index is 11.1. The largest absolute Gasteiger partial charge is 0.497 e. The van der Waals surface area contributed by atoms with Gasteiger partial charge in [0.1, 0.15) is 11.9 Å². The van der Waals surface area contributed by atoms with E-state index >= 15 is 0 Å². The highest BCUT2D eigenvalue weighted by Gasteiger charge is 2.05. The molecule has 96 valence electrons. The van der Waals surface area contributed by atoms with Crippen LogP contribution in [0.1, 0.15) is 18.9 Å². The molecule has 0 saturated carbocycles. The summed E-state index contributed by atoms with van der Waals surface area (Å²) in [7, 11) is 1.63. The number of esters is 1. The predicted molar refractivity (Wildman–Crippen MR) is 72.4 cm³/mol. The second kappa shape index (κ2) is 7.33. The Hall–Kier alpha value is -2.03. The highest BCUT2D eigenvalue weighted by molar-refractivity contribution is 5.81. The molecule has 3 nitrogen and oxygen atoms in total. The van der Waals surface area contributed by atoms with Crippen molar-refractivity contribution in [3.8, 4) is 5.75 Å². The fourth-order valence-corrected chi connectivity index (χ4v) is 1.39. The van der Waals surface area contributed by atoms with Crippen molar-refractivity contribution in [2.75, 3.05) is 7.11 Å². The van der Waals surface area contributed by atoms with Crippen LogP contribution < -0.4 is 4.74 Å². The van der Waals surface area contributed by atoms with Crippen LogP contribution in [0.25, 0.3) is 6.08 Å². The molecular formula is C15H18O3. The van der Waals surface area contributed by atoms with Crippen molar-refractivity contribution in [1.29, 1.82) is 0 Å². The third-order valence-electron chi connectivity index (χ3n) is 2.46. The number of hydrogen-bond acceptors (Lipinski definition) is 3.